The molecule has 8 nitrogen and oxygen atoms in total. The van der Waals surface area contributed by atoms with Gasteiger partial charge in [0.1, 0.15) is 11.3 Å². The third kappa shape index (κ3) is 3.59. The second-order valence-corrected chi connectivity index (χ2v) is 8.47. The summed E-state index contributed by atoms with van der Waals surface area (Å²) in [7, 11) is 0. The number of nitrogens with two attached hydrogens (primary N) is 1. The summed E-state index contributed by atoms with van der Waals surface area (Å²) in [6, 6.07) is 9.10. The number of urea groups is 1. The lowest BCUT2D eigenvalue weighted by molar-refractivity contribution is -0.122. The molecule has 148 valence electrons. The van der Waals surface area contributed by atoms with E-state index in [-0.39, 0.29) is 29.8 Å². The molecule has 4 atom stereocenters. The molecule has 3 amide bonds. The van der Waals surface area contributed by atoms with Crippen molar-refractivity contribution in [1.82, 2.24) is 21.0 Å². The lowest BCUT2D eigenvalue weighted by atomic mass is 9.94. The lowest BCUT2D eigenvalue weighted by Gasteiger charge is -2.19. The number of aromatic nitrogens is 1. The Labute approximate surface area is 166 Å². The Bertz CT molecular complexity index is 908. The van der Waals surface area contributed by atoms with E-state index < -0.39 is 5.92 Å². The van der Waals surface area contributed by atoms with E-state index in [1.54, 1.807) is 12.1 Å². The molecule has 4 rings (SSSR count). The predicted octanol–water partition coefficient (Wildman–Crippen LogP) is 1.35. The smallest absolute Gasteiger partial charge is 0.315 e. The van der Waals surface area contributed by atoms with Gasteiger partial charge in [-0.3, -0.25) is 10.2 Å². The van der Waals surface area contributed by atoms with Gasteiger partial charge in [-0.05, 0) is 25.0 Å². The summed E-state index contributed by atoms with van der Waals surface area (Å²) in [4.78, 5) is 28.4. The van der Waals surface area contributed by atoms with E-state index in [4.69, 9.17) is 5.84 Å². The molecule has 0 bridgehead atoms. The van der Waals surface area contributed by atoms with Gasteiger partial charge in [-0.1, -0.05) is 24.6 Å². The Morgan fingerprint density at radius 1 is 1.36 bits per heavy atom. The first-order valence-electron chi connectivity index (χ1n) is 9.34. The Morgan fingerprint density at radius 2 is 2.21 bits per heavy atom. The number of carbonyl (C=O) groups is 2. The number of hydrogen-bond donors (Lipinski definition) is 5. The third-order valence-corrected chi connectivity index (χ3v) is 6.96. The average molecular weight is 401 g/mol. The summed E-state index contributed by atoms with van der Waals surface area (Å²) in [5.41, 5.74) is 3.30. The fourth-order valence-electron chi connectivity index (χ4n) is 4.02. The zero-order valence-corrected chi connectivity index (χ0v) is 16.0. The van der Waals surface area contributed by atoms with Gasteiger partial charge in [-0.15, -0.1) is 0 Å². The number of carbonyl (C=O) groups excluding carboxylic acids is 2. The lowest BCUT2D eigenvalue weighted by Crippen LogP contribution is -2.37. The van der Waals surface area contributed by atoms with E-state index in [1.165, 1.54) is 0 Å². The molecule has 28 heavy (non-hydrogen) atoms. The zero-order chi connectivity index (χ0) is 19.7. The van der Waals surface area contributed by atoms with Crippen LogP contribution in [0.1, 0.15) is 30.9 Å². The molecule has 2 saturated heterocycles. The fourth-order valence-corrected chi connectivity index (χ4v) is 5.56. The molecule has 0 aliphatic carbocycles. The number of hydrazine groups is 1. The van der Waals surface area contributed by atoms with Crippen molar-refractivity contribution < 1.29 is 14.7 Å². The number of aromatic hydroxyl groups is 1. The monoisotopic (exact) mass is 401 g/mol. The highest BCUT2D eigenvalue weighted by atomic mass is 32.2. The van der Waals surface area contributed by atoms with Crippen LogP contribution in [-0.4, -0.2) is 45.1 Å². The summed E-state index contributed by atoms with van der Waals surface area (Å²) >= 11 is 1.85. The van der Waals surface area contributed by atoms with Crippen LogP contribution in [0.25, 0.3) is 10.9 Å². The van der Waals surface area contributed by atoms with Crippen molar-refractivity contribution in [3.63, 3.8) is 0 Å². The first kappa shape index (κ1) is 18.8. The van der Waals surface area contributed by atoms with E-state index in [0.717, 1.165) is 24.0 Å². The molecule has 0 radical (unpaired) electrons. The minimum atomic E-state index is -0.493. The van der Waals surface area contributed by atoms with Crippen LogP contribution in [0.2, 0.25) is 0 Å². The number of rotatable bonds is 6. The van der Waals surface area contributed by atoms with Gasteiger partial charge in [0, 0.05) is 16.4 Å². The quantitative estimate of drug-likeness (QED) is 0.215. The van der Waals surface area contributed by atoms with Crippen molar-refractivity contribution >= 4 is 34.6 Å². The van der Waals surface area contributed by atoms with Crippen LogP contribution < -0.4 is 21.9 Å². The molecular formula is C19H23N5O3S. The number of para-hydroxylation sites is 1. The van der Waals surface area contributed by atoms with Crippen molar-refractivity contribution in [2.45, 2.75) is 42.5 Å². The SMILES string of the molecule is NNC(=O)C(CCC[C@@H]1SC[C@@H]2NC(=O)N[C@@H]21)c1ccc2cccc(O)c2n1. The molecule has 3 heterocycles. The maximum atomic E-state index is 12.4. The van der Waals surface area contributed by atoms with Gasteiger partial charge in [0.2, 0.25) is 5.91 Å². The number of amides is 3. The van der Waals surface area contributed by atoms with E-state index in [2.05, 4.69) is 21.0 Å². The molecule has 0 saturated carbocycles. The molecule has 2 fully saturated rings. The number of hydrogen-bond acceptors (Lipinski definition) is 6. The molecule has 2 aromatic rings. The zero-order valence-electron chi connectivity index (χ0n) is 15.2. The molecule has 1 aromatic heterocycles. The van der Waals surface area contributed by atoms with Gasteiger partial charge >= 0.3 is 6.03 Å². The maximum Gasteiger partial charge on any atom is 0.315 e. The Kier molecular flexibility index (Phi) is 5.27. The minimum Gasteiger partial charge on any atom is -0.506 e. The Balaban J connectivity index is 1.46. The largest absolute Gasteiger partial charge is 0.506 e. The van der Waals surface area contributed by atoms with Gasteiger partial charge in [0.15, 0.2) is 0 Å². The summed E-state index contributed by atoms with van der Waals surface area (Å²) < 4.78 is 0. The number of nitrogens with zero attached hydrogens (tertiary/aromatic N) is 1. The van der Waals surface area contributed by atoms with Crippen LogP contribution in [0, 0.1) is 0 Å². The molecule has 9 heteroatoms. The van der Waals surface area contributed by atoms with Crippen LogP contribution in [0.15, 0.2) is 30.3 Å². The summed E-state index contributed by atoms with van der Waals surface area (Å²) in [5, 5.41) is 17.1. The van der Waals surface area contributed by atoms with E-state index in [9.17, 15) is 14.7 Å². The molecule has 1 aromatic carbocycles. The van der Waals surface area contributed by atoms with E-state index in [0.29, 0.717) is 22.9 Å². The highest BCUT2D eigenvalue weighted by molar-refractivity contribution is 8.00. The van der Waals surface area contributed by atoms with Gasteiger partial charge in [-0.25, -0.2) is 15.6 Å². The second-order valence-electron chi connectivity index (χ2n) is 7.20. The molecular weight excluding hydrogens is 378 g/mol. The van der Waals surface area contributed by atoms with Crippen LogP contribution in [0.4, 0.5) is 4.79 Å². The second kappa shape index (κ2) is 7.84. The van der Waals surface area contributed by atoms with E-state index in [1.807, 2.05) is 30.0 Å². The van der Waals surface area contributed by atoms with Crippen molar-refractivity contribution in [3.05, 3.63) is 36.0 Å². The minimum absolute atomic E-state index is 0.0872. The first-order chi connectivity index (χ1) is 13.6. The van der Waals surface area contributed by atoms with Gasteiger partial charge in [0.25, 0.3) is 0 Å². The third-order valence-electron chi connectivity index (χ3n) is 5.46. The molecule has 2 aliphatic heterocycles. The van der Waals surface area contributed by atoms with Gasteiger partial charge in [-0.2, -0.15) is 11.8 Å². The maximum absolute atomic E-state index is 12.4. The number of thioether (sulfide) groups is 1. The fraction of sp³-hybridized carbons (Fsp3) is 0.421. The Hall–Kier alpha value is -2.52. The van der Waals surface area contributed by atoms with Crippen LogP contribution >= 0.6 is 11.8 Å². The molecule has 6 N–H and O–H groups in total. The molecule has 2 aliphatic rings. The Morgan fingerprint density at radius 3 is 3.04 bits per heavy atom. The number of benzene rings is 1. The number of nitrogens with one attached hydrogen (secondary N) is 3. The molecule has 1 unspecified atom stereocenters. The predicted molar refractivity (Wildman–Crippen MR) is 108 cm³/mol. The van der Waals surface area contributed by atoms with Crippen molar-refractivity contribution in [1.29, 1.82) is 0 Å². The highest BCUT2D eigenvalue weighted by Gasteiger charge is 2.42. The van der Waals surface area contributed by atoms with Gasteiger partial charge in [0.05, 0.1) is 23.7 Å². The summed E-state index contributed by atoms with van der Waals surface area (Å²) in [6.45, 7) is 0. The van der Waals surface area contributed by atoms with E-state index >= 15 is 0 Å². The normalized spacial score (nSPS) is 24.5. The van der Waals surface area contributed by atoms with Crippen molar-refractivity contribution in [3.8, 4) is 5.75 Å². The summed E-state index contributed by atoms with van der Waals surface area (Å²) in [6.07, 6.45) is 2.28. The number of pyridine rings is 1. The van der Waals surface area contributed by atoms with Crippen molar-refractivity contribution in [2.24, 2.45) is 5.84 Å². The van der Waals surface area contributed by atoms with Crippen LogP contribution in [0.3, 0.4) is 0 Å². The summed E-state index contributed by atoms with van der Waals surface area (Å²) in [5.74, 6) is 5.60. The first-order valence-corrected chi connectivity index (χ1v) is 10.4. The van der Waals surface area contributed by atoms with Crippen LogP contribution in [0.5, 0.6) is 5.75 Å². The standard InChI is InChI=1S/C19H23N5O3S/c20-24-18(26)11(12-8-7-10-3-1-5-14(25)16(10)21-12)4-2-6-15-17-13(9-28-15)22-19(27)23-17/h1,3,5,7-8,11,13,15,17,25H,2,4,6,9,20H2,(H,24,26)(H2,22,23,27)/t11?,13-,15-,17-/m0/s1. The number of fused-ring (bicyclic) bond motifs is 2. The average Bonchev–Trinajstić information content (AvgIpc) is 3.24. The number of phenolic OH excluding ortho intramolecular Hbond substituents is 1. The van der Waals surface area contributed by atoms with Crippen LogP contribution in [-0.2, 0) is 4.79 Å². The topological polar surface area (TPSA) is 129 Å². The van der Waals surface area contributed by atoms with Crippen molar-refractivity contribution in [2.75, 3.05) is 5.75 Å². The molecule has 0 spiro atoms. The number of phenols is 1. The van der Waals surface area contributed by atoms with Gasteiger partial charge < -0.3 is 15.7 Å². The highest BCUT2D eigenvalue weighted by Crippen LogP contribution is 2.34.